The summed E-state index contributed by atoms with van der Waals surface area (Å²) < 4.78 is 1.55. The molecule has 1 heterocycles. The van der Waals surface area contributed by atoms with E-state index in [0.717, 1.165) is 6.42 Å². The van der Waals surface area contributed by atoms with E-state index >= 15 is 0 Å². The highest BCUT2D eigenvalue weighted by Gasteiger charge is 2.28. The minimum atomic E-state index is -0.223. The number of hydrogen-bond acceptors (Lipinski definition) is 3. The SMILES string of the molecule is Cn1cc(NC(=O)NC[C@@H]2CCC[C@H]2c2ccccc2)nn1. The molecule has 2 aromatic rings. The van der Waals surface area contributed by atoms with Gasteiger partial charge in [-0.25, -0.2) is 4.79 Å². The van der Waals surface area contributed by atoms with Gasteiger partial charge in [-0.15, -0.1) is 5.10 Å². The minimum absolute atomic E-state index is 0.223. The molecule has 3 rings (SSSR count). The van der Waals surface area contributed by atoms with Gasteiger partial charge >= 0.3 is 6.03 Å². The molecule has 6 nitrogen and oxygen atoms in total. The number of rotatable bonds is 4. The monoisotopic (exact) mass is 299 g/mol. The Labute approximate surface area is 129 Å². The number of anilines is 1. The van der Waals surface area contributed by atoms with Gasteiger partial charge in [0.15, 0.2) is 5.82 Å². The third kappa shape index (κ3) is 3.44. The Balaban J connectivity index is 1.53. The van der Waals surface area contributed by atoms with Crippen LogP contribution in [0.4, 0.5) is 10.6 Å². The first-order valence-electron chi connectivity index (χ1n) is 7.68. The molecular weight excluding hydrogens is 278 g/mol. The number of aromatic nitrogens is 3. The Hall–Kier alpha value is -2.37. The molecule has 0 aliphatic heterocycles. The lowest BCUT2D eigenvalue weighted by molar-refractivity contribution is 0.249. The second-order valence-electron chi connectivity index (χ2n) is 5.82. The Kier molecular flexibility index (Phi) is 4.37. The van der Waals surface area contributed by atoms with E-state index in [4.69, 9.17) is 0 Å². The first kappa shape index (κ1) is 14.6. The Bertz CT molecular complexity index is 624. The van der Waals surface area contributed by atoms with Crippen LogP contribution in [0.1, 0.15) is 30.7 Å². The molecule has 2 atom stereocenters. The molecule has 1 aromatic heterocycles. The van der Waals surface area contributed by atoms with Crippen LogP contribution in [-0.4, -0.2) is 27.6 Å². The predicted octanol–water partition coefficient (Wildman–Crippen LogP) is 2.52. The molecule has 2 amide bonds. The van der Waals surface area contributed by atoms with Crippen molar-refractivity contribution in [3.8, 4) is 0 Å². The van der Waals surface area contributed by atoms with Gasteiger partial charge in [0.25, 0.3) is 0 Å². The number of carbonyl (C=O) groups excluding carboxylic acids is 1. The molecule has 2 N–H and O–H groups in total. The maximum Gasteiger partial charge on any atom is 0.320 e. The Morgan fingerprint density at radius 1 is 1.32 bits per heavy atom. The average Bonchev–Trinajstić information content (AvgIpc) is 3.15. The van der Waals surface area contributed by atoms with Crippen LogP contribution < -0.4 is 10.6 Å². The highest BCUT2D eigenvalue weighted by atomic mass is 16.2. The van der Waals surface area contributed by atoms with Crippen molar-refractivity contribution in [2.45, 2.75) is 25.2 Å². The van der Waals surface area contributed by atoms with E-state index in [1.807, 2.05) is 6.07 Å². The summed E-state index contributed by atoms with van der Waals surface area (Å²) in [5.41, 5.74) is 1.38. The highest BCUT2D eigenvalue weighted by Crippen LogP contribution is 2.39. The summed E-state index contributed by atoms with van der Waals surface area (Å²) in [6.45, 7) is 0.686. The average molecular weight is 299 g/mol. The third-order valence-corrected chi connectivity index (χ3v) is 4.26. The lowest BCUT2D eigenvalue weighted by atomic mass is 9.89. The summed E-state index contributed by atoms with van der Waals surface area (Å²) in [7, 11) is 1.76. The van der Waals surface area contributed by atoms with Crippen LogP contribution in [0, 0.1) is 5.92 Å². The summed E-state index contributed by atoms with van der Waals surface area (Å²) in [6, 6.07) is 10.3. The van der Waals surface area contributed by atoms with Crippen LogP contribution in [0.2, 0.25) is 0 Å². The minimum Gasteiger partial charge on any atom is -0.338 e. The Morgan fingerprint density at radius 2 is 2.14 bits per heavy atom. The normalized spacial score (nSPS) is 20.8. The number of amides is 2. The molecule has 1 saturated carbocycles. The number of hydrogen-bond donors (Lipinski definition) is 2. The van der Waals surface area contributed by atoms with Crippen molar-refractivity contribution in [1.29, 1.82) is 0 Å². The van der Waals surface area contributed by atoms with Crippen LogP contribution >= 0.6 is 0 Å². The molecule has 1 aromatic carbocycles. The van der Waals surface area contributed by atoms with Gasteiger partial charge < -0.3 is 5.32 Å². The van der Waals surface area contributed by atoms with Crippen molar-refractivity contribution >= 4 is 11.8 Å². The molecule has 6 heteroatoms. The van der Waals surface area contributed by atoms with E-state index in [1.165, 1.54) is 18.4 Å². The van der Waals surface area contributed by atoms with Gasteiger partial charge in [-0.1, -0.05) is 42.0 Å². The molecule has 0 saturated heterocycles. The van der Waals surface area contributed by atoms with Gasteiger partial charge in [-0.05, 0) is 30.2 Å². The summed E-state index contributed by atoms with van der Waals surface area (Å²) >= 11 is 0. The molecule has 0 bridgehead atoms. The second-order valence-corrected chi connectivity index (χ2v) is 5.82. The molecular formula is C16H21N5O. The predicted molar refractivity (Wildman–Crippen MR) is 84.5 cm³/mol. The highest BCUT2D eigenvalue weighted by molar-refractivity contribution is 5.87. The number of nitrogens with one attached hydrogen (secondary N) is 2. The van der Waals surface area contributed by atoms with Crippen molar-refractivity contribution in [2.24, 2.45) is 13.0 Å². The third-order valence-electron chi connectivity index (χ3n) is 4.26. The summed E-state index contributed by atoms with van der Waals surface area (Å²) in [6.07, 6.45) is 5.24. The van der Waals surface area contributed by atoms with Crippen LogP contribution in [0.3, 0.4) is 0 Å². The summed E-state index contributed by atoms with van der Waals surface area (Å²) in [5.74, 6) is 1.50. The molecule has 0 spiro atoms. The zero-order valence-electron chi connectivity index (χ0n) is 12.7. The van der Waals surface area contributed by atoms with Crippen molar-refractivity contribution in [3.05, 3.63) is 42.1 Å². The van der Waals surface area contributed by atoms with Crippen molar-refractivity contribution in [1.82, 2.24) is 20.3 Å². The number of aryl methyl sites for hydroxylation is 1. The lowest BCUT2D eigenvalue weighted by Crippen LogP contribution is -2.33. The lowest BCUT2D eigenvalue weighted by Gasteiger charge is -2.20. The number of carbonyl (C=O) groups is 1. The molecule has 116 valence electrons. The van der Waals surface area contributed by atoms with Crippen molar-refractivity contribution in [2.75, 3.05) is 11.9 Å². The largest absolute Gasteiger partial charge is 0.338 e. The maximum absolute atomic E-state index is 11.9. The van der Waals surface area contributed by atoms with Gasteiger partial charge in [0.2, 0.25) is 0 Å². The van der Waals surface area contributed by atoms with Gasteiger partial charge in [-0.3, -0.25) is 10.00 Å². The van der Waals surface area contributed by atoms with Crippen LogP contribution in [-0.2, 0) is 7.05 Å². The first-order valence-corrected chi connectivity index (χ1v) is 7.68. The number of urea groups is 1. The topological polar surface area (TPSA) is 71.8 Å². The van der Waals surface area contributed by atoms with Crippen molar-refractivity contribution < 1.29 is 4.79 Å². The standard InChI is InChI=1S/C16H21N5O/c1-21-11-15(19-20-21)18-16(22)17-10-13-8-5-9-14(13)12-6-3-2-4-7-12/h2-4,6-7,11,13-14H,5,8-10H2,1H3,(H2,17,18,22)/t13-,14-/m0/s1. The van der Waals surface area contributed by atoms with E-state index in [9.17, 15) is 4.79 Å². The van der Waals surface area contributed by atoms with Crippen LogP contribution in [0.15, 0.2) is 36.5 Å². The zero-order chi connectivity index (χ0) is 15.4. The van der Waals surface area contributed by atoms with E-state index in [1.54, 1.807) is 17.9 Å². The van der Waals surface area contributed by atoms with Gasteiger partial charge in [0.1, 0.15) is 0 Å². The molecule has 1 aliphatic carbocycles. The molecule has 1 fully saturated rings. The summed E-state index contributed by atoms with van der Waals surface area (Å²) in [4.78, 5) is 11.9. The fourth-order valence-corrected chi connectivity index (χ4v) is 3.21. The van der Waals surface area contributed by atoms with E-state index in [-0.39, 0.29) is 6.03 Å². The van der Waals surface area contributed by atoms with Crippen molar-refractivity contribution in [3.63, 3.8) is 0 Å². The quantitative estimate of drug-likeness (QED) is 0.911. The first-order chi connectivity index (χ1) is 10.7. The van der Waals surface area contributed by atoms with Gasteiger partial charge in [-0.2, -0.15) is 0 Å². The molecule has 22 heavy (non-hydrogen) atoms. The molecule has 0 unspecified atom stereocenters. The van der Waals surface area contributed by atoms with E-state index in [0.29, 0.717) is 24.2 Å². The zero-order valence-corrected chi connectivity index (χ0v) is 12.7. The van der Waals surface area contributed by atoms with Gasteiger partial charge in [0.05, 0.1) is 6.20 Å². The Morgan fingerprint density at radius 3 is 2.86 bits per heavy atom. The fraction of sp³-hybridized carbons (Fsp3) is 0.438. The fourth-order valence-electron chi connectivity index (χ4n) is 3.21. The number of benzene rings is 1. The summed E-state index contributed by atoms with van der Waals surface area (Å²) in [5, 5.41) is 13.3. The van der Waals surface area contributed by atoms with Crippen LogP contribution in [0.5, 0.6) is 0 Å². The molecule has 1 aliphatic rings. The second kappa shape index (κ2) is 6.60. The molecule has 0 radical (unpaired) electrons. The van der Waals surface area contributed by atoms with Crippen LogP contribution in [0.25, 0.3) is 0 Å². The van der Waals surface area contributed by atoms with E-state index in [2.05, 4.69) is 45.2 Å². The smallest absolute Gasteiger partial charge is 0.320 e. The maximum atomic E-state index is 11.9. The number of nitrogens with zero attached hydrogens (tertiary/aromatic N) is 3. The van der Waals surface area contributed by atoms with E-state index < -0.39 is 0 Å². The van der Waals surface area contributed by atoms with Gasteiger partial charge in [0, 0.05) is 13.6 Å².